The summed E-state index contributed by atoms with van der Waals surface area (Å²) in [5.41, 5.74) is 4.15. The highest BCUT2D eigenvalue weighted by Crippen LogP contribution is 1.92. The molecule has 6 nitrogen and oxygen atoms in total. The number of nitrogens with one attached hydrogen (secondary N) is 2. The summed E-state index contributed by atoms with van der Waals surface area (Å²) in [6, 6.07) is 10.3. The average Bonchev–Trinajstić information content (AvgIpc) is 2.17. The lowest BCUT2D eigenvalue weighted by Gasteiger charge is -1.94. The van der Waals surface area contributed by atoms with Crippen molar-refractivity contribution in [1.82, 2.24) is 10.9 Å². The van der Waals surface area contributed by atoms with Crippen molar-refractivity contribution in [1.29, 1.82) is 0 Å². The smallest absolute Gasteiger partial charge is 0.423 e. The largest absolute Gasteiger partial charge is 0.464 e. The molecule has 2 amide bonds. The van der Waals surface area contributed by atoms with Crippen LogP contribution in [0.5, 0.6) is 0 Å². The quantitative estimate of drug-likeness (QED) is 0.489. The Bertz CT molecular complexity index is 299. The van der Waals surface area contributed by atoms with Gasteiger partial charge in [-0.3, -0.25) is 0 Å². The molecule has 4 N–H and O–H groups in total. The first-order valence-corrected chi connectivity index (χ1v) is 4.02. The van der Waals surface area contributed by atoms with Gasteiger partial charge in [-0.15, -0.1) is 0 Å². The van der Waals surface area contributed by atoms with Crippen LogP contribution < -0.4 is 10.9 Å². The van der Waals surface area contributed by atoms with Crippen LogP contribution in [0.1, 0.15) is 5.56 Å². The van der Waals surface area contributed by atoms with Gasteiger partial charge in [-0.25, -0.2) is 20.4 Å². The molecule has 1 rings (SSSR count). The van der Waals surface area contributed by atoms with E-state index in [1.807, 2.05) is 18.2 Å². The first kappa shape index (κ1) is 12.8. The Labute approximate surface area is 86.5 Å². The summed E-state index contributed by atoms with van der Waals surface area (Å²) < 4.78 is 0. The van der Waals surface area contributed by atoms with Crippen LogP contribution in [0.25, 0.3) is 0 Å². The van der Waals surface area contributed by atoms with Crippen LogP contribution in [0.3, 0.4) is 0 Å². The Kier molecular flexibility index (Phi) is 6.12. The number of benzene rings is 1. The van der Waals surface area contributed by atoms with Crippen LogP contribution in [0, 0.1) is 6.92 Å². The molecular formula is C9H12N2O4. The molecule has 1 aromatic carbocycles. The van der Waals surface area contributed by atoms with Crippen molar-refractivity contribution in [3.63, 3.8) is 0 Å². The van der Waals surface area contributed by atoms with Crippen molar-refractivity contribution < 1.29 is 19.8 Å². The molecule has 0 atom stereocenters. The Morgan fingerprint density at radius 2 is 1.40 bits per heavy atom. The van der Waals surface area contributed by atoms with E-state index in [1.54, 1.807) is 0 Å². The number of hydrazine groups is 1. The van der Waals surface area contributed by atoms with E-state index in [9.17, 15) is 9.59 Å². The minimum absolute atomic E-state index is 1.32. The SMILES string of the molecule is Cc1ccccc1.O=C(O)NNC(=O)O. The van der Waals surface area contributed by atoms with Crippen molar-refractivity contribution in [3.8, 4) is 0 Å². The Balaban J connectivity index is 0.000000262. The van der Waals surface area contributed by atoms with Gasteiger partial charge in [-0.05, 0) is 6.92 Å². The maximum absolute atomic E-state index is 9.47. The molecule has 0 saturated carbocycles. The predicted molar refractivity (Wildman–Crippen MR) is 53.5 cm³/mol. The molecule has 1 aromatic rings. The molecule has 0 aromatic heterocycles. The highest BCUT2D eigenvalue weighted by molar-refractivity contribution is 5.70. The standard InChI is InChI=1S/C7H8.C2H4N2O4/c1-7-5-3-2-4-6-7;5-1(6)3-4-2(7)8/h2-6H,1H3;3-4H,(H,5,6)(H,7,8). The maximum atomic E-state index is 9.47. The highest BCUT2D eigenvalue weighted by Gasteiger charge is 1.94. The van der Waals surface area contributed by atoms with Crippen LogP contribution in [-0.2, 0) is 0 Å². The number of carboxylic acid groups (broad SMARTS) is 2. The molecule has 82 valence electrons. The summed E-state index contributed by atoms with van der Waals surface area (Å²) in [7, 11) is 0. The van der Waals surface area contributed by atoms with Crippen molar-refractivity contribution in [3.05, 3.63) is 35.9 Å². The molecule has 0 heterocycles. The van der Waals surface area contributed by atoms with E-state index >= 15 is 0 Å². The van der Waals surface area contributed by atoms with Crippen LogP contribution in [0.2, 0.25) is 0 Å². The zero-order chi connectivity index (χ0) is 11.7. The van der Waals surface area contributed by atoms with Gasteiger partial charge >= 0.3 is 12.2 Å². The van der Waals surface area contributed by atoms with Crippen LogP contribution in [0.15, 0.2) is 30.3 Å². The fourth-order valence-electron chi connectivity index (χ4n) is 0.641. The van der Waals surface area contributed by atoms with E-state index in [4.69, 9.17) is 10.2 Å². The minimum atomic E-state index is -1.44. The summed E-state index contributed by atoms with van der Waals surface area (Å²) in [6.07, 6.45) is -2.88. The average molecular weight is 212 g/mol. The van der Waals surface area contributed by atoms with Crippen molar-refractivity contribution >= 4 is 12.2 Å². The van der Waals surface area contributed by atoms with Gasteiger partial charge in [0.2, 0.25) is 0 Å². The van der Waals surface area contributed by atoms with Crippen LogP contribution >= 0.6 is 0 Å². The number of hydrogen-bond acceptors (Lipinski definition) is 2. The second-order valence-electron chi connectivity index (χ2n) is 2.52. The predicted octanol–water partition coefficient (Wildman–Crippen LogP) is 1.43. The number of rotatable bonds is 0. The summed E-state index contributed by atoms with van der Waals surface area (Å²) in [5, 5.41) is 15.5. The Hall–Kier alpha value is -2.24. The lowest BCUT2D eigenvalue weighted by molar-refractivity contribution is 0.172. The molecule has 0 fully saturated rings. The maximum Gasteiger partial charge on any atom is 0.423 e. The van der Waals surface area contributed by atoms with E-state index in [0.29, 0.717) is 0 Å². The zero-order valence-electron chi connectivity index (χ0n) is 8.10. The molecule has 0 aliphatic carbocycles. The first-order valence-electron chi connectivity index (χ1n) is 4.02. The topological polar surface area (TPSA) is 98.7 Å². The van der Waals surface area contributed by atoms with Gasteiger partial charge in [0.25, 0.3) is 0 Å². The van der Waals surface area contributed by atoms with Crippen molar-refractivity contribution in [2.45, 2.75) is 6.92 Å². The number of hydrogen-bond donors (Lipinski definition) is 4. The molecule has 0 bridgehead atoms. The third-order valence-electron chi connectivity index (χ3n) is 1.22. The molecule has 0 unspecified atom stereocenters. The van der Waals surface area contributed by atoms with Crippen molar-refractivity contribution in [2.75, 3.05) is 0 Å². The Morgan fingerprint density at radius 3 is 1.60 bits per heavy atom. The van der Waals surface area contributed by atoms with E-state index in [2.05, 4.69) is 19.1 Å². The molecule has 0 saturated heterocycles. The second kappa shape index (κ2) is 7.19. The summed E-state index contributed by atoms with van der Waals surface area (Å²) in [5.74, 6) is 0. The van der Waals surface area contributed by atoms with Gasteiger partial charge in [0.05, 0.1) is 0 Å². The van der Waals surface area contributed by atoms with E-state index < -0.39 is 12.2 Å². The molecule has 0 aliphatic heterocycles. The summed E-state index contributed by atoms with van der Waals surface area (Å²) in [4.78, 5) is 18.9. The fraction of sp³-hybridized carbons (Fsp3) is 0.111. The van der Waals surface area contributed by atoms with Crippen LogP contribution in [-0.4, -0.2) is 22.4 Å². The number of aryl methyl sites for hydroxylation is 1. The molecule has 6 heteroatoms. The van der Waals surface area contributed by atoms with Crippen LogP contribution in [0.4, 0.5) is 9.59 Å². The summed E-state index contributed by atoms with van der Waals surface area (Å²) in [6.45, 7) is 2.08. The first-order chi connectivity index (χ1) is 7.02. The van der Waals surface area contributed by atoms with Crippen molar-refractivity contribution in [2.24, 2.45) is 0 Å². The normalized spacial score (nSPS) is 8.07. The molecule has 0 spiro atoms. The monoisotopic (exact) mass is 212 g/mol. The Morgan fingerprint density at radius 1 is 1.00 bits per heavy atom. The summed E-state index contributed by atoms with van der Waals surface area (Å²) >= 11 is 0. The second-order valence-corrected chi connectivity index (χ2v) is 2.52. The lowest BCUT2D eigenvalue weighted by Crippen LogP contribution is -2.39. The van der Waals surface area contributed by atoms with Gasteiger partial charge in [0.15, 0.2) is 0 Å². The van der Waals surface area contributed by atoms with E-state index in [-0.39, 0.29) is 0 Å². The molecular weight excluding hydrogens is 200 g/mol. The minimum Gasteiger partial charge on any atom is -0.464 e. The third-order valence-corrected chi connectivity index (χ3v) is 1.22. The fourth-order valence-corrected chi connectivity index (χ4v) is 0.641. The van der Waals surface area contributed by atoms with Gasteiger partial charge < -0.3 is 10.2 Å². The zero-order valence-corrected chi connectivity index (χ0v) is 8.10. The van der Waals surface area contributed by atoms with E-state index in [0.717, 1.165) is 0 Å². The highest BCUT2D eigenvalue weighted by atomic mass is 16.4. The lowest BCUT2D eigenvalue weighted by atomic mass is 10.2. The molecule has 0 aliphatic rings. The van der Waals surface area contributed by atoms with E-state index in [1.165, 1.54) is 16.4 Å². The van der Waals surface area contributed by atoms with Gasteiger partial charge in [-0.2, -0.15) is 0 Å². The molecule has 15 heavy (non-hydrogen) atoms. The van der Waals surface area contributed by atoms with Gasteiger partial charge in [0.1, 0.15) is 0 Å². The molecule has 0 radical (unpaired) electrons. The van der Waals surface area contributed by atoms with Gasteiger partial charge in [-0.1, -0.05) is 35.9 Å². The van der Waals surface area contributed by atoms with Gasteiger partial charge in [0, 0.05) is 0 Å². The number of carbonyl (C=O) groups is 2. The number of amides is 2. The third kappa shape index (κ3) is 9.68.